The van der Waals surface area contributed by atoms with Gasteiger partial charge in [0, 0.05) is 12.6 Å². The number of hydrogen-bond acceptors (Lipinski definition) is 5. The summed E-state index contributed by atoms with van der Waals surface area (Å²) in [6.45, 7) is -0.241. The molecule has 1 aliphatic carbocycles. The zero-order valence-corrected chi connectivity index (χ0v) is 15.1. The minimum atomic E-state index is -4.86. The van der Waals surface area contributed by atoms with Crippen molar-refractivity contribution in [2.45, 2.75) is 30.1 Å². The molecule has 12 heteroatoms. The van der Waals surface area contributed by atoms with Crippen LogP contribution in [-0.4, -0.2) is 39.8 Å². The highest BCUT2D eigenvalue weighted by molar-refractivity contribution is 7.89. The van der Waals surface area contributed by atoms with Crippen molar-refractivity contribution in [3.63, 3.8) is 0 Å². The quantitative estimate of drug-likeness (QED) is 0.587. The summed E-state index contributed by atoms with van der Waals surface area (Å²) in [6.07, 6.45) is -2.81. The van der Waals surface area contributed by atoms with Gasteiger partial charge in [-0.1, -0.05) is 0 Å². The molecular weight excluding hydrogens is 399 g/mol. The molecule has 4 N–H and O–H groups in total. The van der Waals surface area contributed by atoms with Crippen LogP contribution in [0.25, 0.3) is 0 Å². The van der Waals surface area contributed by atoms with Gasteiger partial charge in [0.15, 0.2) is 0 Å². The Balaban J connectivity index is 0.00000338. The van der Waals surface area contributed by atoms with Gasteiger partial charge < -0.3 is 15.8 Å². The van der Waals surface area contributed by atoms with Gasteiger partial charge in [-0.15, -0.1) is 25.6 Å². The SMILES string of the molecule is Cl.NC(CNC(=O)CNS(=O)(=O)c1ccc(OC(F)(F)F)cc1)C1CC1. The summed E-state index contributed by atoms with van der Waals surface area (Å²) >= 11 is 0. The fourth-order valence-electron chi connectivity index (χ4n) is 2.05. The van der Waals surface area contributed by atoms with Gasteiger partial charge in [0.1, 0.15) is 5.75 Å². The van der Waals surface area contributed by atoms with Crippen LogP contribution in [0.4, 0.5) is 13.2 Å². The number of ether oxygens (including phenoxy) is 1. The molecule has 26 heavy (non-hydrogen) atoms. The summed E-state index contributed by atoms with van der Waals surface area (Å²) in [5, 5.41) is 2.53. The zero-order chi connectivity index (χ0) is 18.7. The molecule has 0 spiro atoms. The fourth-order valence-corrected chi connectivity index (χ4v) is 3.03. The number of hydrogen-bond donors (Lipinski definition) is 3. The second-order valence-electron chi connectivity index (χ2n) is 5.65. The van der Waals surface area contributed by atoms with Crippen LogP contribution in [0.5, 0.6) is 5.75 Å². The van der Waals surface area contributed by atoms with Crippen molar-refractivity contribution in [2.75, 3.05) is 13.1 Å². The number of alkyl halides is 3. The van der Waals surface area contributed by atoms with Gasteiger partial charge >= 0.3 is 6.36 Å². The monoisotopic (exact) mass is 417 g/mol. The van der Waals surface area contributed by atoms with E-state index < -0.39 is 34.6 Å². The van der Waals surface area contributed by atoms with E-state index in [9.17, 15) is 26.4 Å². The van der Waals surface area contributed by atoms with E-state index in [2.05, 4.69) is 14.8 Å². The minimum absolute atomic E-state index is 0. The van der Waals surface area contributed by atoms with E-state index >= 15 is 0 Å². The van der Waals surface area contributed by atoms with E-state index in [4.69, 9.17) is 5.73 Å². The Bertz CT molecular complexity index is 709. The van der Waals surface area contributed by atoms with Crippen LogP contribution in [0.1, 0.15) is 12.8 Å². The Hall–Kier alpha value is -1.56. The number of amides is 1. The topological polar surface area (TPSA) is 111 Å². The first kappa shape index (κ1) is 22.5. The summed E-state index contributed by atoms with van der Waals surface area (Å²) in [6, 6.07) is 3.49. The van der Waals surface area contributed by atoms with Crippen LogP contribution in [-0.2, 0) is 14.8 Å². The summed E-state index contributed by atoms with van der Waals surface area (Å²) in [4.78, 5) is 11.4. The minimum Gasteiger partial charge on any atom is -0.406 e. The number of carbonyl (C=O) groups excluding carboxylic acids is 1. The van der Waals surface area contributed by atoms with Gasteiger partial charge in [0.25, 0.3) is 0 Å². The first-order valence-corrected chi connectivity index (χ1v) is 8.93. The number of rotatable bonds is 8. The van der Waals surface area contributed by atoms with Crippen LogP contribution < -0.4 is 20.5 Å². The molecule has 7 nitrogen and oxygen atoms in total. The molecule has 0 bridgehead atoms. The second-order valence-corrected chi connectivity index (χ2v) is 7.42. The lowest BCUT2D eigenvalue weighted by Crippen LogP contribution is -2.43. The number of nitrogens with two attached hydrogens (primary N) is 1. The lowest BCUT2D eigenvalue weighted by atomic mass is 10.2. The van der Waals surface area contributed by atoms with E-state index in [-0.39, 0.29) is 29.9 Å². The molecule has 0 heterocycles. The molecule has 0 aromatic heterocycles. The van der Waals surface area contributed by atoms with Gasteiger partial charge in [-0.05, 0) is 43.0 Å². The van der Waals surface area contributed by atoms with E-state index in [0.717, 1.165) is 37.1 Å². The lowest BCUT2D eigenvalue weighted by molar-refractivity contribution is -0.274. The molecular formula is C14H19ClF3N3O4S. The maximum absolute atomic E-state index is 12.1. The van der Waals surface area contributed by atoms with Crippen LogP contribution in [0.2, 0.25) is 0 Å². The summed E-state index contributed by atoms with van der Waals surface area (Å²) in [5.41, 5.74) is 5.81. The van der Waals surface area contributed by atoms with Gasteiger partial charge in [-0.3, -0.25) is 4.79 Å². The highest BCUT2D eigenvalue weighted by Crippen LogP contribution is 2.31. The van der Waals surface area contributed by atoms with Crippen molar-refractivity contribution in [1.29, 1.82) is 0 Å². The Morgan fingerprint density at radius 3 is 2.35 bits per heavy atom. The number of carbonyl (C=O) groups is 1. The average molecular weight is 418 g/mol. The summed E-state index contributed by atoms with van der Waals surface area (Å²) < 4.78 is 65.9. The van der Waals surface area contributed by atoms with Crippen LogP contribution in [0, 0.1) is 5.92 Å². The molecule has 1 aliphatic rings. The number of benzene rings is 1. The third kappa shape index (κ3) is 7.36. The van der Waals surface area contributed by atoms with Crippen LogP contribution in [0.3, 0.4) is 0 Å². The van der Waals surface area contributed by atoms with Crippen molar-refractivity contribution in [3.8, 4) is 5.75 Å². The number of nitrogens with one attached hydrogen (secondary N) is 2. The molecule has 1 aromatic carbocycles. The Morgan fingerprint density at radius 1 is 1.27 bits per heavy atom. The molecule has 1 saturated carbocycles. The first-order valence-electron chi connectivity index (χ1n) is 7.44. The Kier molecular flexibility index (Phi) is 7.69. The largest absolute Gasteiger partial charge is 0.573 e. The maximum Gasteiger partial charge on any atom is 0.573 e. The molecule has 1 fully saturated rings. The second kappa shape index (κ2) is 8.89. The van der Waals surface area contributed by atoms with Gasteiger partial charge in [0.05, 0.1) is 11.4 Å². The molecule has 1 aromatic rings. The molecule has 0 radical (unpaired) electrons. The van der Waals surface area contributed by atoms with Gasteiger partial charge in [-0.2, -0.15) is 0 Å². The Labute approximate surface area is 154 Å². The van der Waals surface area contributed by atoms with Crippen molar-refractivity contribution in [1.82, 2.24) is 10.0 Å². The van der Waals surface area contributed by atoms with E-state index in [0.29, 0.717) is 5.92 Å². The highest BCUT2D eigenvalue weighted by Gasteiger charge is 2.31. The summed E-state index contributed by atoms with van der Waals surface area (Å²) in [5.74, 6) is -0.690. The standard InChI is InChI=1S/C14H18F3N3O4S.ClH/c15-14(16,17)24-10-3-5-11(6-4-10)25(22,23)20-8-13(21)19-7-12(18)9-1-2-9;/h3-6,9,12,20H,1-2,7-8,18H2,(H,19,21);1H. The summed E-state index contributed by atoms with van der Waals surface area (Å²) in [7, 11) is -4.04. The van der Waals surface area contributed by atoms with E-state index in [1.807, 2.05) is 0 Å². The van der Waals surface area contributed by atoms with Crippen molar-refractivity contribution < 1.29 is 31.1 Å². The molecule has 148 valence electrons. The molecule has 0 aliphatic heterocycles. The normalized spacial score (nSPS) is 15.7. The predicted octanol–water partition coefficient (Wildman–Crippen LogP) is 1.14. The lowest BCUT2D eigenvalue weighted by Gasteiger charge is -2.12. The van der Waals surface area contributed by atoms with Crippen LogP contribution in [0.15, 0.2) is 29.2 Å². The fraction of sp³-hybridized carbons (Fsp3) is 0.500. The maximum atomic E-state index is 12.1. The smallest absolute Gasteiger partial charge is 0.406 e. The Morgan fingerprint density at radius 2 is 1.85 bits per heavy atom. The third-order valence-electron chi connectivity index (χ3n) is 3.55. The van der Waals surface area contributed by atoms with Gasteiger partial charge in [-0.25, -0.2) is 13.1 Å². The highest BCUT2D eigenvalue weighted by atomic mass is 35.5. The predicted molar refractivity (Wildman–Crippen MR) is 89.3 cm³/mol. The van der Waals surface area contributed by atoms with Crippen molar-refractivity contribution in [2.24, 2.45) is 11.7 Å². The van der Waals surface area contributed by atoms with E-state index in [1.54, 1.807) is 0 Å². The molecule has 1 unspecified atom stereocenters. The van der Waals surface area contributed by atoms with Crippen LogP contribution >= 0.6 is 12.4 Å². The number of halogens is 4. The number of sulfonamides is 1. The average Bonchev–Trinajstić information content (AvgIpc) is 3.34. The zero-order valence-electron chi connectivity index (χ0n) is 13.5. The molecule has 2 rings (SSSR count). The van der Waals surface area contributed by atoms with Crippen molar-refractivity contribution in [3.05, 3.63) is 24.3 Å². The first-order chi connectivity index (χ1) is 11.6. The molecule has 0 saturated heterocycles. The van der Waals surface area contributed by atoms with E-state index in [1.165, 1.54) is 0 Å². The van der Waals surface area contributed by atoms with Crippen molar-refractivity contribution >= 4 is 28.3 Å². The van der Waals surface area contributed by atoms with Gasteiger partial charge in [0.2, 0.25) is 15.9 Å². The molecule has 1 amide bonds. The third-order valence-corrected chi connectivity index (χ3v) is 4.97. The molecule has 1 atom stereocenters.